The van der Waals surface area contributed by atoms with Gasteiger partial charge in [-0.15, -0.1) is 0 Å². The molecule has 4 heteroatoms. The Labute approximate surface area is 123 Å². The van der Waals surface area contributed by atoms with Crippen LogP contribution in [-0.2, 0) is 4.79 Å². The van der Waals surface area contributed by atoms with Crippen molar-refractivity contribution in [2.45, 2.75) is 6.92 Å². The average Bonchev–Trinajstić information content (AvgIpc) is 2.54. The fourth-order valence-electron chi connectivity index (χ4n) is 1.85. The maximum atomic E-state index is 12.1. The summed E-state index contributed by atoms with van der Waals surface area (Å²) in [5, 5.41) is 10.8. The lowest BCUT2D eigenvalue weighted by Gasteiger charge is -2.10. The highest BCUT2D eigenvalue weighted by atomic mass is 16.2. The number of nitrogens with two attached hydrogens (primary N) is 1. The van der Waals surface area contributed by atoms with E-state index in [0.717, 1.165) is 5.56 Å². The molecular weight excluding hydrogens is 262 g/mol. The van der Waals surface area contributed by atoms with Crippen LogP contribution in [0.5, 0.6) is 0 Å². The molecule has 0 aliphatic heterocycles. The molecule has 0 aromatic heterocycles. The van der Waals surface area contributed by atoms with Crippen LogP contribution in [0.4, 0.5) is 5.69 Å². The minimum absolute atomic E-state index is 0.0488. The van der Waals surface area contributed by atoms with Gasteiger partial charge in [0, 0.05) is 11.3 Å². The van der Waals surface area contributed by atoms with Crippen molar-refractivity contribution < 1.29 is 4.79 Å². The van der Waals surface area contributed by atoms with Crippen LogP contribution < -0.4 is 11.1 Å². The number of nitrogens with one attached hydrogen (secondary N) is 2. The van der Waals surface area contributed by atoms with E-state index in [-0.39, 0.29) is 11.4 Å². The van der Waals surface area contributed by atoms with Gasteiger partial charge in [-0.3, -0.25) is 10.2 Å². The molecule has 1 amide bonds. The van der Waals surface area contributed by atoms with Gasteiger partial charge in [-0.2, -0.15) is 0 Å². The number of anilines is 1. The minimum Gasteiger partial charge on any atom is -0.394 e. The summed E-state index contributed by atoms with van der Waals surface area (Å²) >= 11 is 0. The van der Waals surface area contributed by atoms with Crippen molar-refractivity contribution in [3.05, 3.63) is 77.5 Å². The zero-order chi connectivity index (χ0) is 15.2. The van der Waals surface area contributed by atoms with Gasteiger partial charge in [-0.05, 0) is 24.6 Å². The lowest BCUT2D eigenvalue weighted by molar-refractivity contribution is -0.112. The monoisotopic (exact) mass is 279 g/mol. The molecule has 0 atom stereocenters. The number of para-hydroxylation sites is 1. The normalized spacial score (nSPS) is 11.5. The molecule has 0 fully saturated rings. The van der Waals surface area contributed by atoms with Crippen molar-refractivity contribution in [2.75, 3.05) is 5.32 Å². The van der Waals surface area contributed by atoms with Crippen molar-refractivity contribution in [1.29, 1.82) is 5.41 Å². The Bertz CT molecular complexity index is 676. The fraction of sp³-hybridized carbons (Fsp3) is 0.0588. The number of allylic oxidation sites excluding steroid dienone is 1. The molecule has 106 valence electrons. The second-order valence-corrected chi connectivity index (χ2v) is 4.60. The van der Waals surface area contributed by atoms with Crippen LogP contribution in [0, 0.1) is 5.41 Å². The molecule has 0 aliphatic carbocycles. The molecule has 2 aromatic rings. The molecule has 4 nitrogen and oxygen atoms in total. The largest absolute Gasteiger partial charge is 0.394 e. The van der Waals surface area contributed by atoms with Crippen molar-refractivity contribution in [3.63, 3.8) is 0 Å². The second-order valence-electron chi connectivity index (χ2n) is 4.60. The molecule has 0 bridgehead atoms. The van der Waals surface area contributed by atoms with Gasteiger partial charge >= 0.3 is 0 Å². The number of benzene rings is 2. The van der Waals surface area contributed by atoms with Gasteiger partial charge in [-0.25, -0.2) is 0 Å². The van der Waals surface area contributed by atoms with Gasteiger partial charge < -0.3 is 11.1 Å². The van der Waals surface area contributed by atoms with E-state index in [2.05, 4.69) is 5.32 Å². The predicted octanol–water partition coefficient (Wildman–Crippen LogP) is 2.93. The molecule has 0 spiro atoms. The van der Waals surface area contributed by atoms with Gasteiger partial charge in [0.05, 0.1) is 5.71 Å². The van der Waals surface area contributed by atoms with Crippen molar-refractivity contribution in [3.8, 4) is 0 Å². The van der Waals surface area contributed by atoms with Crippen molar-refractivity contribution in [2.24, 2.45) is 5.73 Å². The standard InChI is InChI=1S/C17H17N3O/c1-12(15(18)13-8-4-2-5-9-13)16(19)17(21)20-14-10-6-3-7-11-14/h2-11,18H,19H2,1H3,(H,20,21). The van der Waals surface area contributed by atoms with E-state index >= 15 is 0 Å². The number of carbonyl (C=O) groups is 1. The van der Waals surface area contributed by atoms with Crippen LogP contribution >= 0.6 is 0 Å². The summed E-state index contributed by atoms with van der Waals surface area (Å²) in [4.78, 5) is 12.1. The Hall–Kier alpha value is -2.88. The molecule has 21 heavy (non-hydrogen) atoms. The van der Waals surface area contributed by atoms with Crippen LogP contribution in [0.25, 0.3) is 0 Å². The lowest BCUT2D eigenvalue weighted by atomic mass is 10.0. The maximum absolute atomic E-state index is 12.1. The molecule has 0 radical (unpaired) electrons. The summed E-state index contributed by atoms with van der Waals surface area (Å²) in [6.45, 7) is 1.68. The third-order valence-electron chi connectivity index (χ3n) is 3.12. The minimum atomic E-state index is -0.403. The van der Waals surface area contributed by atoms with Crippen molar-refractivity contribution in [1.82, 2.24) is 0 Å². The van der Waals surface area contributed by atoms with Crippen LogP contribution in [0.3, 0.4) is 0 Å². The highest BCUT2D eigenvalue weighted by Gasteiger charge is 2.13. The zero-order valence-electron chi connectivity index (χ0n) is 11.8. The summed E-state index contributed by atoms with van der Waals surface area (Å²) in [5.74, 6) is -0.403. The van der Waals surface area contributed by atoms with E-state index in [4.69, 9.17) is 11.1 Å². The topological polar surface area (TPSA) is 79.0 Å². The Morgan fingerprint density at radius 3 is 2.10 bits per heavy atom. The molecule has 0 unspecified atom stereocenters. The average molecular weight is 279 g/mol. The smallest absolute Gasteiger partial charge is 0.271 e. The van der Waals surface area contributed by atoms with Crippen LogP contribution in [0.1, 0.15) is 12.5 Å². The number of hydrogen-bond donors (Lipinski definition) is 3. The Morgan fingerprint density at radius 2 is 1.52 bits per heavy atom. The first kappa shape index (κ1) is 14.5. The van der Waals surface area contributed by atoms with Crippen LogP contribution in [-0.4, -0.2) is 11.6 Å². The van der Waals surface area contributed by atoms with E-state index in [9.17, 15) is 4.79 Å². The predicted molar refractivity (Wildman–Crippen MR) is 85.2 cm³/mol. The zero-order valence-corrected chi connectivity index (χ0v) is 11.8. The summed E-state index contributed by atoms with van der Waals surface area (Å²) in [7, 11) is 0. The molecule has 0 saturated carbocycles. The SMILES string of the molecule is CC(C(=N)c1ccccc1)=C(N)C(=O)Nc1ccccc1. The first-order valence-electron chi connectivity index (χ1n) is 6.56. The fourth-order valence-corrected chi connectivity index (χ4v) is 1.85. The van der Waals surface area contributed by atoms with E-state index in [1.54, 1.807) is 19.1 Å². The van der Waals surface area contributed by atoms with Crippen LogP contribution in [0.15, 0.2) is 71.9 Å². The van der Waals surface area contributed by atoms with E-state index in [1.807, 2.05) is 48.5 Å². The molecule has 0 saturated heterocycles. The van der Waals surface area contributed by atoms with Crippen molar-refractivity contribution >= 4 is 17.3 Å². The summed E-state index contributed by atoms with van der Waals surface area (Å²) in [6, 6.07) is 18.3. The van der Waals surface area contributed by atoms with Gasteiger partial charge in [-0.1, -0.05) is 48.5 Å². The highest BCUT2D eigenvalue weighted by molar-refractivity contribution is 6.16. The Kier molecular flexibility index (Phi) is 4.51. The van der Waals surface area contributed by atoms with E-state index in [1.165, 1.54) is 0 Å². The molecule has 2 rings (SSSR count). The molecule has 0 heterocycles. The second kappa shape index (κ2) is 6.52. The first-order valence-corrected chi connectivity index (χ1v) is 6.56. The summed E-state index contributed by atoms with van der Waals surface area (Å²) < 4.78 is 0. The van der Waals surface area contributed by atoms with Crippen LogP contribution in [0.2, 0.25) is 0 Å². The number of rotatable bonds is 4. The summed E-state index contributed by atoms with van der Waals surface area (Å²) in [5.41, 5.74) is 8.02. The van der Waals surface area contributed by atoms with Gasteiger partial charge in [0.1, 0.15) is 5.70 Å². The molecule has 4 N–H and O–H groups in total. The third-order valence-corrected chi connectivity index (χ3v) is 3.12. The number of amides is 1. The Morgan fingerprint density at radius 1 is 1.00 bits per heavy atom. The van der Waals surface area contributed by atoms with Gasteiger partial charge in [0.2, 0.25) is 0 Å². The quantitative estimate of drug-likeness (QED) is 0.594. The third kappa shape index (κ3) is 3.57. The van der Waals surface area contributed by atoms with Gasteiger partial charge in [0.25, 0.3) is 5.91 Å². The lowest BCUT2D eigenvalue weighted by Crippen LogP contribution is -2.23. The highest BCUT2D eigenvalue weighted by Crippen LogP contribution is 2.12. The summed E-state index contributed by atoms with van der Waals surface area (Å²) in [6.07, 6.45) is 0. The maximum Gasteiger partial charge on any atom is 0.271 e. The number of carbonyl (C=O) groups excluding carboxylic acids is 1. The number of hydrogen-bond acceptors (Lipinski definition) is 3. The Balaban J connectivity index is 2.18. The molecular formula is C17H17N3O. The van der Waals surface area contributed by atoms with E-state index < -0.39 is 5.91 Å². The first-order chi connectivity index (χ1) is 10.1. The molecule has 2 aromatic carbocycles. The van der Waals surface area contributed by atoms with Gasteiger partial charge in [0.15, 0.2) is 0 Å². The van der Waals surface area contributed by atoms with E-state index in [0.29, 0.717) is 11.3 Å². The molecule has 0 aliphatic rings.